The number of benzene rings is 2. The quantitative estimate of drug-likeness (QED) is 0.667. The van der Waals surface area contributed by atoms with Crippen molar-refractivity contribution in [2.24, 2.45) is 0 Å². The Morgan fingerprint density at radius 2 is 1.77 bits per heavy atom. The molecule has 0 fully saturated rings. The van der Waals surface area contributed by atoms with Crippen LogP contribution in [-0.4, -0.2) is 21.7 Å². The van der Waals surface area contributed by atoms with Crippen molar-refractivity contribution in [3.63, 3.8) is 0 Å². The second-order valence-corrected chi connectivity index (χ2v) is 5.72. The van der Waals surface area contributed by atoms with Crippen LogP contribution in [0.15, 0.2) is 67.0 Å². The van der Waals surface area contributed by atoms with Crippen molar-refractivity contribution in [2.45, 2.75) is 13.5 Å². The zero-order chi connectivity index (χ0) is 18.4. The van der Waals surface area contributed by atoms with Crippen LogP contribution < -0.4 is 10.6 Å². The SMILES string of the molecule is CC(=O)c1cccc(NC(=O)c2cc(NCc3ccccc3)ncn2)c1. The van der Waals surface area contributed by atoms with Gasteiger partial charge in [0.05, 0.1) is 0 Å². The molecule has 0 aliphatic carbocycles. The number of aromatic nitrogens is 2. The third-order valence-electron chi connectivity index (χ3n) is 3.74. The molecule has 0 aliphatic rings. The average molecular weight is 346 g/mol. The highest BCUT2D eigenvalue weighted by atomic mass is 16.2. The molecule has 0 radical (unpaired) electrons. The van der Waals surface area contributed by atoms with E-state index in [-0.39, 0.29) is 17.4 Å². The van der Waals surface area contributed by atoms with Crippen LogP contribution in [0.3, 0.4) is 0 Å². The van der Waals surface area contributed by atoms with Crippen molar-refractivity contribution in [3.05, 3.63) is 83.8 Å². The summed E-state index contributed by atoms with van der Waals surface area (Å²) in [6.45, 7) is 2.08. The lowest BCUT2D eigenvalue weighted by Crippen LogP contribution is -2.15. The zero-order valence-corrected chi connectivity index (χ0v) is 14.3. The van der Waals surface area contributed by atoms with Gasteiger partial charge in [0.25, 0.3) is 5.91 Å². The summed E-state index contributed by atoms with van der Waals surface area (Å²) in [5.74, 6) is 0.137. The van der Waals surface area contributed by atoms with Gasteiger partial charge in [0.2, 0.25) is 0 Å². The first-order valence-corrected chi connectivity index (χ1v) is 8.14. The van der Waals surface area contributed by atoms with Gasteiger partial charge in [-0.1, -0.05) is 42.5 Å². The summed E-state index contributed by atoms with van der Waals surface area (Å²) >= 11 is 0. The lowest BCUT2D eigenvalue weighted by molar-refractivity contribution is 0.100. The lowest BCUT2D eigenvalue weighted by Gasteiger charge is -2.08. The predicted molar refractivity (Wildman–Crippen MR) is 100 cm³/mol. The van der Waals surface area contributed by atoms with Crippen LogP contribution in [0.4, 0.5) is 11.5 Å². The number of amides is 1. The smallest absolute Gasteiger partial charge is 0.274 e. The minimum absolute atomic E-state index is 0.0597. The molecule has 1 heterocycles. The number of anilines is 2. The van der Waals surface area contributed by atoms with Gasteiger partial charge in [0.15, 0.2) is 5.78 Å². The van der Waals surface area contributed by atoms with Crippen LogP contribution in [0.5, 0.6) is 0 Å². The highest BCUT2D eigenvalue weighted by Gasteiger charge is 2.10. The Kier molecular flexibility index (Phi) is 5.34. The van der Waals surface area contributed by atoms with Crippen LogP contribution >= 0.6 is 0 Å². The van der Waals surface area contributed by atoms with Gasteiger partial charge in [-0.3, -0.25) is 9.59 Å². The Morgan fingerprint density at radius 3 is 2.54 bits per heavy atom. The van der Waals surface area contributed by atoms with Crippen LogP contribution in [0.2, 0.25) is 0 Å². The van der Waals surface area contributed by atoms with E-state index in [2.05, 4.69) is 20.6 Å². The standard InChI is InChI=1S/C20H18N4O2/c1-14(25)16-8-5-9-17(10-16)24-20(26)18-11-19(23-13-22-18)21-12-15-6-3-2-4-7-15/h2-11,13H,12H2,1H3,(H,24,26)(H,21,22,23). The van der Waals surface area contributed by atoms with E-state index in [1.54, 1.807) is 30.3 Å². The van der Waals surface area contributed by atoms with Crippen molar-refractivity contribution in [2.75, 3.05) is 10.6 Å². The van der Waals surface area contributed by atoms with Gasteiger partial charge in [0.1, 0.15) is 17.8 Å². The maximum atomic E-state index is 12.4. The van der Waals surface area contributed by atoms with E-state index in [1.165, 1.54) is 13.3 Å². The van der Waals surface area contributed by atoms with Crippen LogP contribution in [-0.2, 0) is 6.54 Å². The number of rotatable bonds is 6. The summed E-state index contributed by atoms with van der Waals surface area (Å²) in [5.41, 5.74) is 2.43. The molecular weight excluding hydrogens is 328 g/mol. The fourth-order valence-corrected chi connectivity index (χ4v) is 2.38. The van der Waals surface area contributed by atoms with E-state index < -0.39 is 0 Å². The topological polar surface area (TPSA) is 84.0 Å². The highest BCUT2D eigenvalue weighted by Crippen LogP contribution is 2.13. The number of Topliss-reactive ketones (excluding diaryl/α,β-unsaturated/α-hetero) is 1. The molecule has 26 heavy (non-hydrogen) atoms. The molecule has 1 amide bonds. The van der Waals surface area contributed by atoms with Gasteiger partial charge in [-0.2, -0.15) is 0 Å². The van der Waals surface area contributed by atoms with Gasteiger partial charge < -0.3 is 10.6 Å². The van der Waals surface area contributed by atoms with Gasteiger partial charge in [-0.05, 0) is 24.6 Å². The van der Waals surface area contributed by atoms with E-state index in [9.17, 15) is 9.59 Å². The summed E-state index contributed by atoms with van der Waals surface area (Å²) in [5, 5.41) is 5.91. The largest absolute Gasteiger partial charge is 0.366 e. The van der Waals surface area contributed by atoms with E-state index >= 15 is 0 Å². The van der Waals surface area contributed by atoms with Crippen molar-refractivity contribution >= 4 is 23.2 Å². The molecule has 0 spiro atoms. The fraction of sp³-hybridized carbons (Fsp3) is 0.100. The molecule has 3 aromatic rings. The number of nitrogens with one attached hydrogen (secondary N) is 2. The predicted octanol–water partition coefficient (Wildman–Crippen LogP) is 3.54. The average Bonchev–Trinajstić information content (AvgIpc) is 2.67. The highest BCUT2D eigenvalue weighted by molar-refractivity contribution is 6.04. The number of ketones is 1. The summed E-state index contributed by atoms with van der Waals surface area (Å²) in [4.78, 5) is 32.0. The first kappa shape index (κ1) is 17.3. The Morgan fingerprint density at radius 1 is 0.962 bits per heavy atom. The minimum atomic E-state index is -0.365. The molecule has 1 aromatic heterocycles. The number of carbonyl (C=O) groups excluding carboxylic acids is 2. The van der Waals surface area contributed by atoms with Crippen LogP contribution in [0.25, 0.3) is 0 Å². The van der Waals surface area contributed by atoms with Crippen molar-refractivity contribution in [1.82, 2.24) is 9.97 Å². The maximum Gasteiger partial charge on any atom is 0.274 e. The molecule has 0 saturated carbocycles. The number of hydrogen-bond acceptors (Lipinski definition) is 5. The summed E-state index contributed by atoms with van der Waals surface area (Å²) in [6, 6.07) is 18.3. The molecule has 130 valence electrons. The molecule has 6 nitrogen and oxygen atoms in total. The van der Waals surface area contributed by atoms with Gasteiger partial charge >= 0.3 is 0 Å². The molecular formula is C20H18N4O2. The second kappa shape index (κ2) is 8.02. The lowest BCUT2D eigenvalue weighted by atomic mass is 10.1. The van der Waals surface area contributed by atoms with Gasteiger partial charge in [-0.25, -0.2) is 9.97 Å². The monoisotopic (exact) mass is 346 g/mol. The first-order valence-electron chi connectivity index (χ1n) is 8.14. The second-order valence-electron chi connectivity index (χ2n) is 5.72. The molecule has 0 bridgehead atoms. The zero-order valence-electron chi connectivity index (χ0n) is 14.3. The van der Waals surface area contributed by atoms with E-state index in [0.29, 0.717) is 23.6 Å². The van der Waals surface area contributed by atoms with E-state index in [4.69, 9.17) is 0 Å². The Hall–Kier alpha value is -3.54. The molecule has 0 saturated heterocycles. The molecule has 2 N–H and O–H groups in total. The Bertz CT molecular complexity index is 926. The number of nitrogens with zero attached hydrogens (tertiary/aromatic N) is 2. The third-order valence-corrected chi connectivity index (χ3v) is 3.74. The van der Waals surface area contributed by atoms with Gasteiger partial charge in [0, 0.05) is 23.9 Å². The van der Waals surface area contributed by atoms with Crippen LogP contribution in [0.1, 0.15) is 33.3 Å². The van der Waals surface area contributed by atoms with Crippen molar-refractivity contribution < 1.29 is 9.59 Å². The Balaban J connectivity index is 1.68. The molecule has 3 rings (SSSR count). The van der Waals surface area contributed by atoms with Crippen molar-refractivity contribution in [3.8, 4) is 0 Å². The molecule has 6 heteroatoms. The van der Waals surface area contributed by atoms with Gasteiger partial charge in [-0.15, -0.1) is 0 Å². The molecule has 0 unspecified atom stereocenters. The van der Waals surface area contributed by atoms with Crippen molar-refractivity contribution in [1.29, 1.82) is 0 Å². The molecule has 0 atom stereocenters. The van der Waals surface area contributed by atoms with E-state index in [1.807, 2.05) is 30.3 Å². The van der Waals surface area contributed by atoms with Crippen LogP contribution in [0, 0.1) is 0 Å². The minimum Gasteiger partial charge on any atom is -0.366 e. The third kappa shape index (κ3) is 4.51. The van der Waals surface area contributed by atoms with E-state index in [0.717, 1.165) is 5.56 Å². The summed E-state index contributed by atoms with van der Waals surface area (Å²) < 4.78 is 0. The summed E-state index contributed by atoms with van der Waals surface area (Å²) in [6.07, 6.45) is 1.34. The molecule has 0 aliphatic heterocycles. The normalized spacial score (nSPS) is 10.2. The molecule has 2 aromatic carbocycles. The summed E-state index contributed by atoms with van der Waals surface area (Å²) in [7, 11) is 0. The number of carbonyl (C=O) groups is 2. The fourth-order valence-electron chi connectivity index (χ4n) is 2.38. The number of hydrogen-bond donors (Lipinski definition) is 2. The first-order chi connectivity index (χ1) is 12.6. The maximum absolute atomic E-state index is 12.4. The Labute approximate surface area is 151 Å².